The molecule has 0 unspecified atom stereocenters. The van der Waals surface area contributed by atoms with E-state index in [1.807, 2.05) is 12.1 Å². The molecule has 0 saturated carbocycles. The molecule has 314 valence electrons. The van der Waals surface area contributed by atoms with E-state index in [9.17, 15) is 0 Å². The molecule has 0 radical (unpaired) electrons. The van der Waals surface area contributed by atoms with Crippen LogP contribution in [0.15, 0.2) is 227 Å². The van der Waals surface area contributed by atoms with Gasteiger partial charge >= 0.3 is 0 Å². The maximum absolute atomic E-state index is 6.34. The predicted molar refractivity (Wildman–Crippen MR) is 279 cm³/mol. The Labute approximate surface area is 388 Å². The van der Waals surface area contributed by atoms with Gasteiger partial charge in [-0.15, -0.1) is 0 Å². The molecule has 14 rings (SSSR count). The van der Waals surface area contributed by atoms with Gasteiger partial charge in [-0.25, -0.2) is 0 Å². The Morgan fingerprint density at radius 3 is 1.28 bits per heavy atom. The minimum atomic E-state index is -0.536. The minimum Gasteiger partial charge on any atom is -0.456 e. The molecule has 0 N–H and O–H groups in total. The molecule has 0 atom stereocenters. The lowest BCUT2D eigenvalue weighted by atomic mass is 9.67. The summed E-state index contributed by atoms with van der Waals surface area (Å²) in [6.45, 7) is 4.35. The average Bonchev–Trinajstić information content (AvgIpc) is 4.04. The molecular weight excluding hydrogens is 813 g/mol. The van der Waals surface area contributed by atoms with E-state index >= 15 is 0 Å². The summed E-state index contributed by atoms with van der Waals surface area (Å²) in [7, 11) is 0. The van der Waals surface area contributed by atoms with Crippen molar-refractivity contribution < 1.29 is 8.83 Å². The molecule has 1 aliphatic rings. The van der Waals surface area contributed by atoms with Gasteiger partial charge in [-0.3, -0.25) is 0 Å². The third-order valence-corrected chi connectivity index (χ3v) is 14.7. The van der Waals surface area contributed by atoms with Gasteiger partial charge in [0.05, 0.1) is 5.41 Å². The molecule has 2 heteroatoms. The summed E-state index contributed by atoms with van der Waals surface area (Å²) >= 11 is 0. The second-order valence-electron chi connectivity index (χ2n) is 18.4. The lowest BCUT2D eigenvalue weighted by Crippen LogP contribution is -2.28. The molecule has 2 nitrogen and oxygen atoms in total. The minimum absolute atomic E-state index is 0.536. The van der Waals surface area contributed by atoms with Crippen LogP contribution in [0.4, 0.5) is 0 Å². The van der Waals surface area contributed by atoms with Gasteiger partial charge in [-0.1, -0.05) is 187 Å². The first-order valence-electron chi connectivity index (χ1n) is 23.2. The second kappa shape index (κ2) is 14.3. The molecule has 0 spiro atoms. The van der Waals surface area contributed by atoms with Crippen molar-refractivity contribution in [2.24, 2.45) is 0 Å². The fourth-order valence-corrected chi connectivity index (χ4v) is 11.7. The number of furan rings is 2. The van der Waals surface area contributed by atoms with E-state index in [-0.39, 0.29) is 0 Å². The molecule has 2 heterocycles. The van der Waals surface area contributed by atoms with Gasteiger partial charge in [-0.05, 0) is 145 Å². The maximum Gasteiger partial charge on any atom is 0.135 e. The van der Waals surface area contributed by atoms with Gasteiger partial charge < -0.3 is 8.83 Å². The summed E-state index contributed by atoms with van der Waals surface area (Å²) in [5, 5.41) is 9.31. The number of para-hydroxylation sites is 2. The number of benzene rings is 11. The summed E-state index contributed by atoms with van der Waals surface area (Å²) < 4.78 is 12.7. The van der Waals surface area contributed by atoms with E-state index in [0.29, 0.717) is 0 Å². The fraction of sp³-hybridized carbons (Fsp3) is 0.0462. The van der Waals surface area contributed by atoms with Crippen molar-refractivity contribution in [3.8, 4) is 44.5 Å². The summed E-state index contributed by atoms with van der Waals surface area (Å²) in [5.41, 5.74) is 20.3. The van der Waals surface area contributed by atoms with Crippen molar-refractivity contribution in [2.45, 2.75) is 19.3 Å². The Hall–Kier alpha value is -8.46. The van der Waals surface area contributed by atoms with E-state index in [4.69, 9.17) is 8.83 Å². The Morgan fingerprint density at radius 2 is 0.716 bits per heavy atom. The standard InChI is InChI=1S/C65H42O2/c1-39-24-30-43(31-25-39)65(44-32-26-40(2)27-33-44)57-20-6-3-14-51(57)64-52(19-11-21-58(64)65)63-49-17-9-15-45(41-28-34-61-55(36-41)47-12-4-7-22-59(47)66-61)53(49)38-54-46(16-10-18-50(54)63)42-29-35-62-56(37-42)48-13-5-8-23-60(48)67-62/h3-38H,1-2H3. The third kappa shape index (κ3) is 5.45. The molecule has 13 aromatic rings. The Kier molecular flexibility index (Phi) is 8.06. The number of hydrogen-bond donors (Lipinski definition) is 0. The average molecular weight is 855 g/mol. The van der Waals surface area contributed by atoms with E-state index in [0.717, 1.165) is 55.0 Å². The van der Waals surface area contributed by atoms with Gasteiger partial charge in [0.15, 0.2) is 0 Å². The summed E-state index contributed by atoms with van der Waals surface area (Å²) in [6, 6.07) is 80.9. The topological polar surface area (TPSA) is 26.3 Å². The first-order chi connectivity index (χ1) is 33.0. The fourth-order valence-electron chi connectivity index (χ4n) is 11.7. The first-order valence-corrected chi connectivity index (χ1v) is 23.2. The second-order valence-corrected chi connectivity index (χ2v) is 18.4. The van der Waals surface area contributed by atoms with Gasteiger partial charge in [0.2, 0.25) is 0 Å². The molecular formula is C65H42O2. The Morgan fingerprint density at radius 1 is 0.284 bits per heavy atom. The quantitative estimate of drug-likeness (QED) is 0.161. The van der Waals surface area contributed by atoms with Crippen LogP contribution in [0.5, 0.6) is 0 Å². The lowest BCUT2D eigenvalue weighted by molar-refractivity contribution is 0.668. The van der Waals surface area contributed by atoms with Crippen molar-refractivity contribution in [2.75, 3.05) is 0 Å². The Bertz CT molecular complexity index is 3940. The van der Waals surface area contributed by atoms with Crippen molar-refractivity contribution in [3.63, 3.8) is 0 Å². The summed E-state index contributed by atoms with van der Waals surface area (Å²) in [4.78, 5) is 0. The Balaban J connectivity index is 1.11. The van der Waals surface area contributed by atoms with E-state index in [1.54, 1.807) is 0 Å². The molecule has 0 saturated heterocycles. The molecule has 1 aliphatic carbocycles. The highest BCUT2D eigenvalue weighted by Gasteiger charge is 2.47. The summed E-state index contributed by atoms with van der Waals surface area (Å²) in [6.07, 6.45) is 0. The van der Waals surface area contributed by atoms with E-state index < -0.39 is 5.41 Å². The van der Waals surface area contributed by atoms with E-state index in [2.05, 4.69) is 220 Å². The lowest BCUT2D eigenvalue weighted by Gasteiger charge is -2.34. The normalized spacial score (nSPS) is 13.0. The zero-order valence-corrected chi connectivity index (χ0v) is 37.1. The maximum atomic E-state index is 6.34. The molecule has 67 heavy (non-hydrogen) atoms. The largest absolute Gasteiger partial charge is 0.456 e. The highest BCUT2D eigenvalue weighted by molar-refractivity contribution is 6.21. The van der Waals surface area contributed by atoms with Crippen LogP contribution in [0.3, 0.4) is 0 Å². The SMILES string of the molecule is Cc1ccc(C2(c3ccc(C)cc3)c3ccccc3-c3c(-c4c5cccc(-c6ccc7oc8ccccc8c7c6)c5cc5c(-c6ccc7oc8ccccc8c7c6)cccc45)cccc32)cc1. The van der Waals surface area contributed by atoms with Crippen molar-refractivity contribution in [1.29, 1.82) is 0 Å². The van der Waals surface area contributed by atoms with E-state index in [1.165, 1.54) is 88.3 Å². The predicted octanol–water partition coefficient (Wildman–Crippen LogP) is 17.8. The highest BCUT2D eigenvalue weighted by Crippen LogP contribution is 2.59. The summed E-state index contributed by atoms with van der Waals surface area (Å²) in [5.74, 6) is 0. The van der Waals surface area contributed by atoms with Crippen LogP contribution >= 0.6 is 0 Å². The highest BCUT2D eigenvalue weighted by atomic mass is 16.3. The monoisotopic (exact) mass is 854 g/mol. The zero-order chi connectivity index (χ0) is 44.4. The van der Waals surface area contributed by atoms with Gasteiger partial charge in [0.25, 0.3) is 0 Å². The number of rotatable bonds is 5. The van der Waals surface area contributed by atoms with Crippen LogP contribution < -0.4 is 0 Å². The molecule has 0 fully saturated rings. The number of aryl methyl sites for hydroxylation is 2. The third-order valence-electron chi connectivity index (χ3n) is 14.7. The molecule has 2 aromatic heterocycles. The smallest absolute Gasteiger partial charge is 0.135 e. The van der Waals surface area contributed by atoms with Gasteiger partial charge in [0.1, 0.15) is 22.3 Å². The molecule has 11 aromatic carbocycles. The van der Waals surface area contributed by atoms with Crippen LogP contribution in [-0.2, 0) is 5.41 Å². The van der Waals surface area contributed by atoms with Crippen LogP contribution in [0.1, 0.15) is 33.4 Å². The number of hydrogen-bond acceptors (Lipinski definition) is 2. The van der Waals surface area contributed by atoms with Crippen LogP contribution in [-0.4, -0.2) is 0 Å². The first kappa shape index (κ1) is 37.9. The van der Waals surface area contributed by atoms with Crippen LogP contribution in [0.25, 0.3) is 110 Å². The van der Waals surface area contributed by atoms with Crippen molar-refractivity contribution in [1.82, 2.24) is 0 Å². The number of fused-ring (bicyclic) bond motifs is 11. The zero-order valence-electron chi connectivity index (χ0n) is 37.1. The molecule has 0 bridgehead atoms. The van der Waals surface area contributed by atoms with Gasteiger partial charge in [-0.2, -0.15) is 0 Å². The van der Waals surface area contributed by atoms with Crippen molar-refractivity contribution in [3.05, 3.63) is 252 Å². The van der Waals surface area contributed by atoms with Crippen LogP contribution in [0.2, 0.25) is 0 Å². The molecule has 0 amide bonds. The van der Waals surface area contributed by atoms with Crippen molar-refractivity contribution >= 4 is 65.4 Å². The molecule has 0 aliphatic heterocycles. The van der Waals surface area contributed by atoms with Crippen LogP contribution in [0, 0.1) is 13.8 Å². The van der Waals surface area contributed by atoms with Gasteiger partial charge in [0, 0.05) is 21.5 Å².